The van der Waals surface area contributed by atoms with E-state index in [-0.39, 0.29) is 6.04 Å². The zero-order chi connectivity index (χ0) is 11.5. The lowest BCUT2D eigenvalue weighted by Crippen LogP contribution is -2.27. The van der Waals surface area contributed by atoms with Crippen molar-refractivity contribution in [3.8, 4) is 0 Å². The van der Waals surface area contributed by atoms with Gasteiger partial charge in [0.2, 0.25) is 10.0 Å². The Labute approximate surface area is 95.5 Å². The molecule has 0 radical (unpaired) electrons. The van der Waals surface area contributed by atoms with E-state index in [1.807, 2.05) is 31.2 Å². The third-order valence-electron chi connectivity index (χ3n) is 2.08. The third kappa shape index (κ3) is 3.81. The van der Waals surface area contributed by atoms with Crippen LogP contribution in [0.1, 0.15) is 24.1 Å². The summed E-state index contributed by atoms with van der Waals surface area (Å²) < 4.78 is 24.9. The van der Waals surface area contributed by atoms with Crippen molar-refractivity contribution in [2.45, 2.75) is 19.9 Å². The highest BCUT2D eigenvalue weighted by molar-refractivity contribution is 7.90. The predicted octanol–water partition coefficient (Wildman–Crippen LogP) is 2.17. The Morgan fingerprint density at radius 2 is 1.87 bits per heavy atom. The first-order chi connectivity index (χ1) is 6.94. The van der Waals surface area contributed by atoms with Crippen LogP contribution < -0.4 is 4.72 Å². The quantitative estimate of drug-likeness (QED) is 0.829. The molecule has 1 unspecified atom stereocenters. The molecule has 0 saturated carbocycles. The fourth-order valence-electron chi connectivity index (χ4n) is 1.22. The minimum atomic E-state index is -3.36. The van der Waals surface area contributed by atoms with Gasteiger partial charge in [0.25, 0.3) is 0 Å². The molecule has 1 atom stereocenters. The second-order valence-electron chi connectivity index (χ2n) is 3.47. The maximum atomic E-state index is 11.2. The van der Waals surface area contributed by atoms with E-state index in [0.29, 0.717) is 0 Å². The van der Waals surface area contributed by atoms with Gasteiger partial charge >= 0.3 is 0 Å². The average Bonchev–Trinajstić information content (AvgIpc) is 2.18. The van der Waals surface area contributed by atoms with E-state index < -0.39 is 15.2 Å². The van der Waals surface area contributed by atoms with Crippen LogP contribution in [0.5, 0.6) is 0 Å². The number of alkyl halides is 1. The topological polar surface area (TPSA) is 46.2 Å². The van der Waals surface area contributed by atoms with Gasteiger partial charge in [0, 0.05) is 6.04 Å². The summed E-state index contributed by atoms with van der Waals surface area (Å²) in [5.41, 5.74) is 2.07. The Morgan fingerprint density at radius 3 is 2.33 bits per heavy atom. The molecule has 3 nitrogen and oxygen atoms in total. The van der Waals surface area contributed by atoms with Crippen LogP contribution in [-0.2, 0) is 10.0 Å². The van der Waals surface area contributed by atoms with Crippen LogP contribution in [0.25, 0.3) is 0 Å². The normalized spacial score (nSPS) is 13.8. The van der Waals surface area contributed by atoms with Gasteiger partial charge in [-0.1, -0.05) is 29.8 Å². The highest BCUT2D eigenvalue weighted by atomic mass is 35.5. The third-order valence-corrected chi connectivity index (χ3v) is 3.94. The molecular weight excluding hydrogens is 234 g/mol. The van der Waals surface area contributed by atoms with Crippen LogP contribution in [0.3, 0.4) is 0 Å². The number of hydrogen-bond donors (Lipinski definition) is 1. The summed E-state index contributed by atoms with van der Waals surface area (Å²) in [4.78, 5) is 0. The molecule has 1 aromatic rings. The van der Waals surface area contributed by atoms with Gasteiger partial charge in [0.1, 0.15) is 5.21 Å². The summed E-state index contributed by atoms with van der Waals surface area (Å²) in [5.74, 6) is 0. The summed E-state index contributed by atoms with van der Waals surface area (Å²) in [6.45, 7) is 3.77. The molecule has 0 aliphatic rings. The van der Waals surface area contributed by atoms with E-state index in [9.17, 15) is 8.42 Å². The molecule has 0 amide bonds. The van der Waals surface area contributed by atoms with Crippen molar-refractivity contribution >= 4 is 21.6 Å². The highest BCUT2D eigenvalue weighted by Crippen LogP contribution is 2.14. The molecule has 1 aromatic carbocycles. The fraction of sp³-hybridized carbons (Fsp3) is 0.400. The molecule has 0 saturated heterocycles. The van der Waals surface area contributed by atoms with Gasteiger partial charge in [-0.05, 0) is 19.4 Å². The Bertz CT molecular complexity index is 414. The lowest BCUT2D eigenvalue weighted by molar-refractivity contribution is 0.571. The van der Waals surface area contributed by atoms with Crippen molar-refractivity contribution in [1.29, 1.82) is 0 Å². The Kier molecular flexibility index (Phi) is 4.13. The number of benzene rings is 1. The number of nitrogens with one attached hydrogen (secondary N) is 1. The molecule has 0 bridgehead atoms. The largest absolute Gasteiger partial charge is 0.226 e. The maximum absolute atomic E-state index is 11.2. The first-order valence-electron chi connectivity index (χ1n) is 4.57. The fourth-order valence-corrected chi connectivity index (χ4v) is 2.15. The van der Waals surface area contributed by atoms with Crippen LogP contribution in [0.4, 0.5) is 0 Å². The van der Waals surface area contributed by atoms with Crippen molar-refractivity contribution in [2.24, 2.45) is 0 Å². The van der Waals surface area contributed by atoms with Crippen molar-refractivity contribution in [3.63, 3.8) is 0 Å². The molecule has 0 spiro atoms. The molecule has 0 aliphatic heterocycles. The lowest BCUT2D eigenvalue weighted by Gasteiger charge is -2.13. The van der Waals surface area contributed by atoms with E-state index in [1.54, 1.807) is 6.92 Å². The molecule has 0 aromatic heterocycles. The van der Waals surface area contributed by atoms with Gasteiger partial charge < -0.3 is 0 Å². The van der Waals surface area contributed by atoms with Gasteiger partial charge in [-0.15, -0.1) is 11.6 Å². The van der Waals surface area contributed by atoms with Gasteiger partial charge in [0.15, 0.2) is 0 Å². The first kappa shape index (κ1) is 12.5. The Balaban J connectivity index is 2.78. The standard InChI is InChI=1S/C10H14ClNO2S/c1-8-3-5-10(6-4-8)9(2)12-15(13,14)7-11/h3-6,9,12H,7H2,1-2H3. The summed E-state index contributed by atoms with van der Waals surface area (Å²) in [6, 6.07) is 7.43. The van der Waals surface area contributed by atoms with Gasteiger partial charge in [-0.3, -0.25) is 0 Å². The van der Waals surface area contributed by atoms with E-state index in [4.69, 9.17) is 11.6 Å². The van der Waals surface area contributed by atoms with Crippen LogP contribution in [0.15, 0.2) is 24.3 Å². The van der Waals surface area contributed by atoms with E-state index in [1.165, 1.54) is 0 Å². The molecule has 0 heterocycles. The molecular formula is C10H14ClNO2S. The molecule has 0 aliphatic carbocycles. The minimum absolute atomic E-state index is 0.255. The summed E-state index contributed by atoms with van der Waals surface area (Å²) in [6.07, 6.45) is 0. The molecule has 0 fully saturated rings. The van der Waals surface area contributed by atoms with E-state index in [2.05, 4.69) is 4.72 Å². The predicted molar refractivity (Wildman–Crippen MR) is 62.4 cm³/mol. The smallest absolute Gasteiger partial charge is 0.211 e. The minimum Gasteiger partial charge on any atom is -0.211 e. The van der Waals surface area contributed by atoms with Gasteiger partial charge in [-0.25, -0.2) is 13.1 Å². The molecule has 15 heavy (non-hydrogen) atoms. The monoisotopic (exact) mass is 247 g/mol. The second-order valence-corrected chi connectivity index (χ2v) is 5.81. The van der Waals surface area contributed by atoms with Crippen molar-refractivity contribution in [2.75, 3.05) is 5.21 Å². The van der Waals surface area contributed by atoms with Gasteiger partial charge in [-0.2, -0.15) is 0 Å². The number of rotatable bonds is 4. The molecule has 5 heteroatoms. The Hall–Kier alpha value is -0.580. The highest BCUT2D eigenvalue weighted by Gasteiger charge is 2.13. The van der Waals surface area contributed by atoms with Crippen molar-refractivity contribution in [3.05, 3.63) is 35.4 Å². The maximum Gasteiger partial charge on any atom is 0.226 e. The number of aryl methyl sites for hydroxylation is 1. The summed E-state index contributed by atoms with van der Waals surface area (Å²) in [7, 11) is -3.36. The Morgan fingerprint density at radius 1 is 1.33 bits per heavy atom. The molecule has 1 N–H and O–H groups in total. The van der Waals surface area contributed by atoms with E-state index in [0.717, 1.165) is 11.1 Å². The zero-order valence-electron chi connectivity index (χ0n) is 8.70. The van der Waals surface area contributed by atoms with Crippen molar-refractivity contribution in [1.82, 2.24) is 4.72 Å². The zero-order valence-corrected chi connectivity index (χ0v) is 10.3. The summed E-state index contributed by atoms with van der Waals surface area (Å²) in [5, 5.41) is -0.413. The second kappa shape index (κ2) is 4.96. The molecule has 84 valence electrons. The number of hydrogen-bond acceptors (Lipinski definition) is 2. The first-order valence-corrected chi connectivity index (χ1v) is 6.76. The van der Waals surface area contributed by atoms with Crippen LogP contribution in [0.2, 0.25) is 0 Å². The number of sulfonamides is 1. The average molecular weight is 248 g/mol. The number of halogens is 1. The van der Waals surface area contributed by atoms with Gasteiger partial charge in [0.05, 0.1) is 0 Å². The SMILES string of the molecule is Cc1ccc(C(C)NS(=O)(=O)CCl)cc1. The van der Waals surface area contributed by atoms with Crippen LogP contribution >= 0.6 is 11.6 Å². The van der Waals surface area contributed by atoms with Crippen LogP contribution in [-0.4, -0.2) is 13.6 Å². The summed E-state index contributed by atoms with van der Waals surface area (Å²) >= 11 is 5.30. The van der Waals surface area contributed by atoms with Crippen LogP contribution in [0, 0.1) is 6.92 Å². The molecule has 1 rings (SSSR count). The van der Waals surface area contributed by atoms with E-state index >= 15 is 0 Å². The lowest BCUT2D eigenvalue weighted by atomic mass is 10.1. The van der Waals surface area contributed by atoms with Crippen molar-refractivity contribution < 1.29 is 8.42 Å².